The molecule has 31 heavy (non-hydrogen) atoms. The Morgan fingerprint density at radius 2 is 1.84 bits per heavy atom. The molecule has 3 rings (SSSR count). The molecule has 0 atom stereocenters. The zero-order chi connectivity index (χ0) is 22.4. The van der Waals surface area contributed by atoms with Gasteiger partial charge in [0, 0.05) is 6.07 Å². The van der Waals surface area contributed by atoms with Crippen LogP contribution in [0.2, 0.25) is 0 Å². The minimum Gasteiger partial charge on any atom is -0.495 e. The monoisotopic (exact) mass is 426 g/mol. The van der Waals surface area contributed by atoms with E-state index in [9.17, 15) is 14.9 Å². The molecule has 0 fully saturated rings. The lowest BCUT2D eigenvalue weighted by molar-refractivity contribution is -0.385. The molecule has 2 aromatic carbocycles. The molecule has 3 aromatic rings. The first-order valence-corrected chi connectivity index (χ1v) is 8.81. The maximum Gasteiger partial charge on any atom is 0.338 e. The second-order valence-electron chi connectivity index (χ2n) is 5.98. The van der Waals surface area contributed by atoms with E-state index in [1.54, 1.807) is 24.3 Å². The largest absolute Gasteiger partial charge is 0.495 e. The fraction of sp³-hybridized carbons (Fsp3) is 0.158. The van der Waals surface area contributed by atoms with Gasteiger partial charge in [-0.05, 0) is 24.3 Å². The Hall–Kier alpha value is -4.48. The number of nitro benzene ring substituents is 1. The fourth-order valence-electron chi connectivity index (χ4n) is 2.60. The number of hydrogen-bond donors (Lipinski definition) is 2. The van der Waals surface area contributed by atoms with Gasteiger partial charge in [0.1, 0.15) is 5.75 Å². The molecule has 0 unspecified atom stereocenters. The average Bonchev–Trinajstić information content (AvgIpc) is 2.77. The van der Waals surface area contributed by atoms with Crippen LogP contribution in [0.1, 0.15) is 16.2 Å². The highest BCUT2D eigenvalue weighted by Crippen LogP contribution is 2.28. The maximum atomic E-state index is 12.3. The van der Waals surface area contributed by atoms with Crippen molar-refractivity contribution in [1.29, 1.82) is 0 Å². The van der Waals surface area contributed by atoms with E-state index in [0.717, 1.165) is 6.07 Å². The Bertz CT molecular complexity index is 1120. The van der Waals surface area contributed by atoms with E-state index in [-0.39, 0.29) is 41.3 Å². The SMILES string of the molecule is COc1ccccc1Nc1nc(N)nc(COC(=O)c2ccc(OC)c([N+](=O)[O-])c2)n1. The topological polar surface area (TPSA) is 165 Å². The van der Waals surface area contributed by atoms with E-state index in [4.69, 9.17) is 19.9 Å². The number of aromatic nitrogens is 3. The number of nitro groups is 1. The smallest absolute Gasteiger partial charge is 0.338 e. The molecule has 0 aliphatic heterocycles. The number of carbonyl (C=O) groups is 1. The Labute approximate surface area is 176 Å². The van der Waals surface area contributed by atoms with Crippen LogP contribution in [-0.2, 0) is 11.3 Å². The van der Waals surface area contributed by atoms with Crippen LogP contribution in [0.3, 0.4) is 0 Å². The van der Waals surface area contributed by atoms with Crippen molar-refractivity contribution in [2.24, 2.45) is 0 Å². The first-order chi connectivity index (χ1) is 14.9. The molecule has 12 heteroatoms. The minimum atomic E-state index is -0.802. The molecule has 0 aliphatic rings. The van der Waals surface area contributed by atoms with Gasteiger partial charge in [0.15, 0.2) is 18.2 Å². The molecular formula is C19H18N6O6. The molecular weight excluding hydrogens is 408 g/mol. The lowest BCUT2D eigenvalue weighted by Crippen LogP contribution is -2.11. The van der Waals surface area contributed by atoms with Crippen LogP contribution < -0.4 is 20.5 Å². The Morgan fingerprint density at radius 1 is 1.10 bits per heavy atom. The summed E-state index contributed by atoms with van der Waals surface area (Å²) in [6, 6.07) is 10.8. The third kappa shape index (κ3) is 5.12. The quantitative estimate of drug-likeness (QED) is 0.309. The number of nitrogen functional groups attached to an aromatic ring is 1. The highest BCUT2D eigenvalue weighted by molar-refractivity contribution is 5.90. The molecule has 0 saturated heterocycles. The number of benzene rings is 2. The Balaban J connectivity index is 1.74. The third-order valence-electron chi connectivity index (χ3n) is 4.00. The highest BCUT2D eigenvalue weighted by Gasteiger charge is 2.19. The predicted molar refractivity (Wildman–Crippen MR) is 109 cm³/mol. The maximum absolute atomic E-state index is 12.3. The zero-order valence-corrected chi connectivity index (χ0v) is 16.6. The summed E-state index contributed by atoms with van der Waals surface area (Å²) >= 11 is 0. The van der Waals surface area contributed by atoms with Gasteiger partial charge in [0.05, 0.1) is 30.4 Å². The van der Waals surface area contributed by atoms with Crippen LogP contribution in [0.15, 0.2) is 42.5 Å². The average molecular weight is 426 g/mol. The van der Waals surface area contributed by atoms with Crippen LogP contribution >= 0.6 is 0 Å². The molecule has 0 amide bonds. The van der Waals surface area contributed by atoms with E-state index in [1.165, 1.54) is 26.4 Å². The molecule has 12 nitrogen and oxygen atoms in total. The lowest BCUT2D eigenvalue weighted by Gasteiger charge is -2.11. The summed E-state index contributed by atoms with van der Waals surface area (Å²) in [5, 5.41) is 14.1. The zero-order valence-electron chi connectivity index (χ0n) is 16.6. The van der Waals surface area contributed by atoms with Crippen LogP contribution in [0.5, 0.6) is 11.5 Å². The van der Waals surface area contributed by atoms with Gasteiger partial charge in [-0.2, -0.15) is 15.0 Å². The van der Waals surface area contributed by atoms with Gasteiger partial charge in [-0.1, -0.05) is 12.1 Å². The molecule has 0 aliphatic carbocycles. The number of para-hydroxylation sites is 2. The summed E-state index contributed by atoms with van der Waals surface area (Å²) < 4.78 is 15.3. The van der Waals surface area contributed by atoms with Crippen molar-refractivity contribution >= 4 is 29.2 Å². The summed E-state index contributed by atoms with van der Waals surface area (Å²) in [5.41, 5.74) is 5.94. The summed E-state index contributed by atoms with van der Waals surface area (Å²) in [4.78, 5) is 34.9. The normalized spacial score (nSPS) is 10.3. The van der Waals surface area contributed by atoms with Gasteiger partial charge in [0.2, 0.25) is 11.9 Å². The predicted octanol–water partition coefficient (Wildman–Crippen LogP) is 2.48. The summed E-state index contributed by atoms with van der Waals surface area (Å²) in [7, 11) is 2.82. The highest BCUT2D eigenvalue weighted by atomic mass is 16.6. The fourth-order valence-corrected chi connectivity index (χ4v) is 2.60. The third-order valence-corrected chi connectivity index (χ3v) is 4.00. The summed E-state index contributed by atoms with van der Waals surface area (Å²) in [6.07, 6.45) is 0. The number of nitrogens with two attached hydrogens (primary N) is 1. The van der Waals surface area contributed by atoms with Crippen LogP contribution in [0.4, 0.5) is 23.3 Å². The standard InChI is InChI=1S/C19H18N6O6/c1-29-14-6-4-3-5-12(14)21-19-23-16(22-18(20)24-19)10-31-17(26)11-7-8-15(30-2)13(9-11)25(27)28/h3-9H,10H2,1-2H3,(H3,20,21,22,23,24). The number of nitrogens with one attached hydrogen (secondary N) is 1. The van der Waals surface area contributed by atoms with E-state index >= 15 is 0 Å². The van der Waals surface area contributed by atoms with Crippen molar-refractivity contribution in [2.75, 3.05) is 25.3 Å². The van der Waals surface area contributed by atoms with Crippen LogP contribution in [-0.4, -0.2) is 40.1 Å². The van der Waals surface area contributed by atoms with Crippen molar-refractivity contribution in [1.82, 2.24) is 15.0 Å². The van der Waals surface area contributed by atoms with Crippen molar-refractivity contribution in [3.05, 3.63) is 64.0 Å². The first-order valence-electron chi connectivity index (χ1n) is 8.81. The van der Waals surface area contributed by atoms with Gasteiger partial charge in [-0.25, -0.2) is 4.79 Å². The van der Waals surface area contributed by atoms with E-state index in [2.05, 4.69) is 20.3 Å². The summed E-state index contributed by atoms with van der Waals surface area (Å²) in [6.45, 7) is -0.327. The molecule has 0 bridgehead atoms. The van der Waals surface area contributed by atoms with E-state index in [1.807, 2.05) is 0 Å². The summed E-state index contributed by atoms with van der Waals surface area (Å²) in [5.74, 6) is -0.0821. The first kappa shape index (κ1) is 21.2. The number of ether oxygens (including phenoxy) is 3. The number of nitrogens with zero attached hydrogens (tertiary/aromatic N) is 4. The van der Waals surface area contributed by atoms with Crippen molar-refractivity contribution < 1.29 is 23.9 Å². The second-order valence-corrected chi connectivity index (χ2v) is 5.98. The molecule has 160 valence electrons. The van der Waals surface area contributed by atoms with Gasteiger partial charge in [-0.15, -0.1) is 0 Å². The number of carbonyl (C=O) groups excluding carboxylic acids is 1. The minimum absolute atomic E-state index is 0.0260. The van der Waals surface area contributed by atoms with Crippen molar-refractivity contribution in [3.8, 4) is 11.5 Å². The Morgan fingerprint density at radius 3 is 2.55 bits per heavy atom. The lowest BCUT2D eigenvalue weighted by atomic mass is 10.2. The number of methoxy groups -OCH3 is 2. The molecule has 1 heterocycles. The molecule has 0 radical (unpaired) electrons. The molecule has 1 aromatic heterocycles. The van der Waals surface area contributed by atoms with Crippen molar-refractivity contribution in [3.63, 3.8) is 0 Å². The number of hydrogen-bond acceptors (Lipinski definition) is 11. The van der Waals surface area contributed by atoms with Gasteiger partial charge >= 0.3 is 11.7 Å². The van der Waals surface area contributed by atoms with Crippen LogP contribution in [0, 0.1) is 10.1 Å². The number of rotatable bonds is 8. The van der Waals surface area contributed by atoms with Gasteiger partial charge in [-0.3, -0.25) is 10.1 Å². The Kier molecular flexibility index (Phi) is 6.40. The second kappa shape index (κ2) is 9.35. The number of anilines is 3. The molecule has 0 saturated carbocycles. The number of esters is 1. The van der Waals surface area contributed by atoms with Crippen molar-refractivity contribution in [2.45, 2.75) is 6.61 Å². The molecule has 0 spiro atoms. The van der Waals surface area contributed by atoms with Gasteiger partial charge in [0.25, 0.3) is 0 Å². The van der Waals surface area contributed by atoms with Crippen LogP contribution in [0.25, 0.3) is 0 Å². The van der Waals surface area contributed by atoms with E-state index in [0.29, 0.717) is 11.4 Å². The van der Waals surface area contributed by atoms with Gasteiger partial charge < -0.3 is 25.3 Å². The molecule has 3 N–H and O–H groups in total. The van der Waals surface area contributed by atoms with E-state index < -0.39 is 10.9 Å².